The Labute approximate surface area is 326 Å². The molecule has 4 aliphatic rings. The van der Waals surface area contributed by atoms with Crippen molar-refractivity contribution >= 4 is 45.0 Å². The number of aromatic nitrogens is 3. The highest BCUT2D eigenvalue weighted by Gasteiger charge is 2.50. The maximum absolute atomic E-state index is 17.1. The van der Waals surface area contributed by atoms with Crippen LogP contribution in [0.25, 0.3) is 32.9 Å². The molecule has 11 nitrogen and oxygen atoms in total. The van der Waals surface area contributed by atoms with Gasteiger partial charge in [0.2, 0.25) is 5.91 Å². The maximum atomic E-state index is 17.1. The molecule has 4 saturated heterocycles. The molecule has 4 aliphatic heterocycles. The van der Waals surface area contributed by atoms with Gasteiger partial charge < -0.3 is 25.0 Å². The van der Waals surface area contributed by atoms with Gasteiger partial charge >= 0.3 is 6.01 Å². The van der Waals surface area contributed by atoms with Crippen molar-refractivity contribution in [2.45, 2.75) is 55.9 Å². The number of phenolic OH excluding ortho intramolecular Hbond substituents is 1. The Hall–Kier alpha value is -6.20. The predicted octanol–water partition coefficient (Wildman–Crippen LogP) is 6.38. The second-order valence-electron chi connectivity index (χ2n) is 15.3. The zero-order valence-electron chi connectivity index (χ0n) is 30.9. The molecular weight excluding hydrogens is 736 g/mol. The average molecular weight is 774 g/mol. The van der Waals surface area contributed by atoms with Gasteiger partial charge in [-0.05, 0) is 80.1 Å². The summed E-state index contributed by atoms with van der Waals surface area (Å²) >= 11 is 0. The number of amides is 2. The van der Waals surface area contributed by atoms with Crippen LogP contribution in [0.2, 0.25) is 0 Å². The van der Waals surface area contributed by atoms with E-state index < -0.39 is 23.3 Å². The van der Waals surface area contributed by atoms with Gasteiger partial charge in [-0.15, -0.1) is 6.42 Å². The molecule has 2 amide bonds. The molecule has 6 heterocycles. The van der Waals surface area contributed by atoms with Crippen molar-refractivity contribution in [2.24, 2.45) is 0 Å². The molecule has 4 fully saturated rings. The zero-order chi connectivity index (χ0) is 39.6. The number of ether oxygens (including phenoxy) is 1. The summed E-state index contributed by atoms with van der Waals surface area (Å²) in [4.78, 5) is 45.8. The molecule has 3 aromatic carbocycles. The molecule has 2 bridgehead atoms. The van der Waals surface area contributed by atoms with E-state index in [1.54, 1.807) is 24.3 Å². The molecule has 9 rings (SSSR count). The lowest BCUT2D eigenvalue weighted by molar-refractivity contribution is -0.111. The minimum atomic E-state index is -0.981. The number of halogens is 3. The molecule has 14 heteroatoms. The van der Waals surface area contributed by atoms with Gasteiger partial charge in [-0.2, -0.15) is 9.97 Å². The number of pyridine rings is 1. The Morgan fingerprint density at radius 1 is 1.11 bits per heavy atom. The maximum Gasteiger partial charge on any atom is 0.319 e. The van der Waals surface area contributed by atoms with E-state index in [2.05, 4.69) is 32.7 Å². The zero-order valence-corrected chi connectivity index (χ0v) is 30.9. The number of fused-ring (bicyclic) bond motifs is 5. The van der Waals surface area contributed by atoms with Crippen LogP contribution in [-0.2, 0) is 4.79 Å². The molecular formula is C43H38F3N7O4. The molecule has 5 aromatic rings. The summed E-state index contributed by atoms with van der Waals surface area (Å²) in [7, 11) is 0. The number of piperazine rings is 1. The Morgan fingerprint density at radius 3 is 2.68 bits per heavy atom. The summed E-state index contributed by atoms with van der Waals surface area (Å²) in [6.07, 6.45) is 10.8. The molecule has 290 valence electrons. The fraction of sp³-hybridized carbons (Fsp3) is 0.326. The van der Waals surface area contributed by atoms with Crippen LogP contribution < -0.4 is 15.0 Å². The first kappa shape index (κ1) is 36.4. The molecule has 4 atom stereocenters. The fourth-order valence-corrected chi connectivity index (χ4v) is 9.40. The second kappa shape index (κ2) is 14.1. The highest BCUT2D eigenvalue weighted by Crippen LogP contribution is 2.43. The first-order valence-electron chi connectivity index (χ1n) is 19.0. The van der Waals surface area contributed by atoms with Crippen molar-refractivity contribution in [3.63, 3.8) is 0 Å². The number of anilines is 2. The van der Waals surface area contributed by atoms with E-state index in [1.807, 2.05) is 9.80 Å². The number of carbonyl (C=O) groups is 2. The highest BCUT2D eigenvalue weighted by atomic mass is 19.1. The topological polar surface area (TPSA) is 124 Å². The number of alkyl halides is 1. The van der Waals surface area contributed by atoms with Gasteiger partial charge in [0.05, 0.1) is 28.6 Å². The van der Waals surface area contributed by atoms with Gasteiger partial charge in [-0.3, -0.25) is 19.5 Å². The smallest absolute Gasteiger partial charge is 0.319 e. The van der Waals surface area contributed by atoms with Crippen LogP contribution in [-0.4, -0.2) is 98.3 Å². The van der Waals surface area contributed by atoms with Crippen LogP contribution in [0.5, 0.6) is 11.8 Å². The van der Waals surface area contributed by atoms with E-state index in [0.29, 0.717) is 48.5 Å². The van der Waals surface area contributed by atoms with Crippen molar-refractivity contribution in [2.75, 3.05) is 43.0 Å². The lowest BCUT2D eigenvalue weighted by atomic mass is 9.95. The minimum absolute atomic E-state index is 0.0817. The normalized spacial score (nSPS) is 22.8. The van der Waals surface area contributed by atoms with Gasteiger partial charge in [-0.1, -0.05) is 24.6 Å². The van der Waals surface area contributed by atoms with Crippen LogP contribution in [0.1, 0.15) is 48.0 Å². The number of phenols is 1. The first-order chi connectivity index (χ1) is 27.6. The minimum Gasteiger partial charge on any atom is -0.508 e. The molecule has 2 N–H and O–H groups in total. The third-order valence-electron chi connectivity index (χ3n) is 11.9. The standard InChI is InChI=1S/C43H38F3N7O4/c1-3-31-34(45)12-9-24-16-30(54)17-32(36(24)31)38-37(46)39-33(19-47-38)40(50-42(49-39)57-23-43-13-6-14-52(43)20-26(44)18-43)51-21-28-10-11-29(22-51)53(28)41(56)25-7-5-8-27(15-25)48-35(55)4-2/h1,4-5,7-9,12,15-17,19,26,28-29,54H,2,6,10-11,13-14,18,20-23H2,(H,48,55)/t26-,28?,29?,43+/m1/s1. The summed E-state index contributed by atoms with van der Waals surface area (Å²) in [6.45, 7) is 5.42. The average Bonchev–Trinajstić information content (AvgIpc) is 3.82. The van der Waals surface area contributed by atoms with Crippen LogP contribution in [0.4, 0.5) is 24.7 Å². The van der Waals surface area contributed by atoms with Crippen LogP contribution in [0, 0.1) is 24.0 Å². The van der Waals surface area contributed by atoms with Gasteiger partial charge in [0.1, 0.15) is 41.4 Å². The molecule has 2 aromatic heterocycles. The highest BCUT2D eigenvalue weighted by molar-refractivity contribution is 6.03. The first-order valence-corrected chi connectivity index (χ1v) is 19.0. The summed E-state index contributed by atoms with van der Waals surface area (Å²) in [5, 5.41) is 14.2. The fourth-order valence-electron chi connectivity index (χ4n) is 9.40. The van der Waals surface area contributed by atoms with Crippen LogP contribution >= 0.6 is 0 Å². The number of terminal acetylenes is 1. The lowest BCUT2D eigenvalue weighted by Crippen LogP contribution is -2.56. The molecule has 57 heavy (non-hydrogen) atoms. The number of carbonyl (C=O) groups excluding carboxylic acids is 2. The quantitative estimate of drug-likeness (QED) is 0.137. The van der Waals surface area contributed by atoms with Gasteiger partial charge in [0.25, 0.3) is 5.91 Å². The third-order valence-corrected chi connectivity index (χ3v) is 11.9. The summed E-state index contributed by atoms with van der Waals surface area (Å²) < 4.78 is 53.1. The summed E-state index contributed by atoms with van der Waals surface area (Å²) in [5.41, 5.74) is 0.0416. The summed E-state index contributed by atoms with van der Waals surface area (Å²) in [6, 6.07) is 11.6. The van der Waals surface area contributed by atoms with Crippen molar-refractivity contribution < 1.29 is 32.6 Å². The van der Waals surface area contributed by atoms with Gasteiger partial charge in [0, 0.05) is 54.5 Å². The number of hydrogen-bond acceptors (Lipinski definition) is 9. The van der Waals surface area contributed by atoms with E-state index in [1.165, 1.54) is 30.5 Å². The van der Waals surface area contributed by atoms with Crippen LogP contribution in [0.3, 0.4) is 0 Å². The Bertz CT molecular complexity index is 2530. The Balaban J connectivity index is 1.11. The van der Waals surface area contributed by atoms with E-state index in [-0.39, 0.29) is 75.4 Å². The number of nitrogens with zero attached hydrogens (tertiary/aromatic N) is 6. The van der Waals surface area contributed by atoms with E-state index in [9.17, 15) is 23.5 Å². The van der Waals surface area contributed by atoms with Gasteiger partial charge in [0.15, 0.2) is 5.82 Å². The van der Waals surface area contributed by atoms with Crippen molar-refractivity contribution in [3.8, 4) is 35.4 Å². The molecule has 0 radical (unpaired) electrons. The van der Waals surface area contributed by atoms with Crippen molar-refractivity contribution in [1.29, 1.82) is 0 Å². The number of aromatic hydroxyl groups is 1. The van der Waals surface area contributed by atoms with E-state index in [0.717, 1.165) is 38.3 Å². The van der Waals surface area contributed by atoms with E-state index in [4.69, 9.17) is 16.1 Å². The van der Waals surface area contributed by atoms with Crippen LogP contribution in [0.15, 0.2) is 67.4 Å². The predicted molar refractivity (Wildman–Crippen MR) is 209 cm³/mol. The van der Waals surface area contributed by atoms with E-state index >= 15 is 4.39 Å². The number of nitrogens with one attached hydrogen (secondary N) is 1. The van der Waals surface area contributed by atoms with Gasteiger partial charge in [-0.25, -0.2) is 13.2 Å². The monoisotopic (exact) mass is 773 g/mol. The number of benzene rings is 3. The Kier molecular flexibility index (Phi) is 9.00. The Morgan fingerprint density at radius 2 is 1.91 bits per heavy atom. The van der Waals surface area contributed by atoms with Crippen molar-refractivity contribution in [1.82, 2.24) is 24.8 Å². The van der Waals surface area contributed by atoms with Crippen molar-refractivity contribution in [3.05, 3.63) is 90.1 Å². The second-order valence-corrected chi connectivity index (χ2v) is 15.3. The lowest BCUT2D eigenvalue weighted by Gasteiger charge is -2.42. The summed E-state index contributed by atoms with van der Waals surface area (Å²) in [5.74, 6) is 0.432. The molecule has 2 unspecified atom stereocenters. The molecule has 0 spiro atoms. The SMILES string of the molecule is C#Cc1c(F)ccc2cc(O)cc(-c3ncc4c(N5CC6CCC(C5)N6C(=O)c5cccc(NC(=O)C=C)c5)nc(OC[C@@]56CCCN5C[C@H](F)C6)nc4c3F)c12. The molecule has 0 saturated carbocycles. The number of hydrogen-bond donors (Lipinski definition) is 2. The largest absolute Gasteiger partial charge is 0.508 e. The third kappa shape index (κ3) is 6.26. The molecule has 0 aliphatic carbocycles. The number of rotatable bonds is 8.